The third-order valence-corrected chi connectivity index (χ3v) is 2.91. The number of halogens is 2. The zero-order valence-electron chi connectivity index (χ0n) is 9.48. The molecule has 0 saturated carbocycles. The largest absolute Gasteiger partial charge is 0.324 e. The summed E-state index contributed by atoms with van der Waals surface area (Å²) in [6, 6.07) is 7.46. The quantitative estimate of drug-likeness (QED) is 0.889. The Labute approximate surface area is 116 Å². The van der Waals surface area contributed by atoms with Crippen LogP contribution in [-0.2, 0) is 13.1 Å². The van der Waals surface area contributed by atoms with Gasteiger partial charge in [-0.2, -0.15) is 0 Å². The van der Waals surface area contributed by atoms with E-state index in [1.54, 1.807) is 0 Å². The summed E-state index contributed by atoms with van der Waals surface area (Å²) >= 11 is 5.82. The van der Waals surface area contributed by atoms with Crippen molar-refractivity contribution >= 4 is 35.6 Å². The third-order valence-electron chi connectivity index (χ3n) is 2.66. The highest BCUT2D eigenvalue weighted by Crippen LogP contribution is 2.18. The predicted molar refractivity (Wildman–Crippen MR) is 74.6 cm³/mol. The van der Waals surface area contributed by atoms with Gasteiger partial charge in [0.1, 0.15) is 0 Å². The van der Waals surface area contributed by atoms with Crippen LogP contribution in [0.1, 0.15) is 11.3 Å². The minimum atomic E-state index is 0. The zero-order chi connectivity index (χ0) is 11.7. The van der Waals surface area contributed by atoms with Crippen LogP contribution in [0.2, 0.25) is 5.02 Å². The highest BCUT2D eigenvalue weighted by Gasteiger charge is 2.12. The molecule has 0 fully saturated rings. The first-order chi connectivity index (χ1) is 8.31. The molecule has 0 saturated heterocycles. The molecule has 0 spiro atoms. The molecule has 0 aliphatic carbocycles. The molecule has 4 nitrogen and oxygen atoms in total. The Morgan fingerprint density at radius 2 is 1.94 bits per heavy atom. The van der Waals surface area contributed by atoms with E-state index in [1.165, 1.54) is 5.56 Å². The molecule has 0 atom stereocenters. The summed E-state index contributed by atoms with van der Waals surface area (Å²) in [5, 5.41) is 7.11. The van der Waals surface area contributed by atoms with Crippen molar-refractivity contribution in [3.05, 3.63) is 46.7 Å². The molecule has 1 aliphatic heterocycles. The maximum Gasteiger partial charge on any atom is 0.227 e. The first-order valence-electron chi connectivity index (χ1n) is 5.39. The number of aromatic nitrogens is 2. The van der Waals surface area contributed by atoms with E-state index in [9.17, 15) is 0 Å². The summed E-state index contributed by atoms with van der Waals surface area (Å²) in [6.07, 6.45) is 1.86. The molecule has 3 rings (SSSR count). The van der Waals surface area contributed by atoms with E-state index < -0.39 is 0 Å². The van der Waals surface area contributed by atoms with Crippen molar-refractivity contribution in [1.29, 1.82) is 0 Å². The van der Waals surface area contributed by atoms with Crippen molar-refractivity contribution in [3.63, 3.8) is 0 Å². The highest BCUT2D eigenvalue weighted by atomic mass is 35.5. The Bertz CT molecular complexity index is 542. The van der Waals surface area contributed by atoms with Gasteiger partial charge in [0, 0.05) is 35.6 Å². The number of benzene rings is 1. The first kappa shape index (κ1) is 13.1. The number of nitrogens with one attached hydrogen (secondary N) is 2. The van der Waals surface area contributed by atoms with Gasteiger partial charge in [-0.3, -0.25) is 0 Å². The van der Waals surface area contributed by atoms with Gasteiger partial charge in [-0.15, -0.1) is 12.4 Å². The van der Waals surface area contributed by atoms with Crippen LogP contribution in [0.5, 0.6) is 0 Å². The molecule has 2 N–H and O–H groups in total. The normalized spacial score (nSPS) is 12.7. The molecular formula is C12H12Cl2N4. The van der Waals surface area contributed by atoms with E-state index in [0.29, 0.717) is 5.95 Å². The van der Waals surface area contributed by atoms with E-state index in [4.69, 9.17) is 11.6 Å². The lowest BCUT2D eigenvalue weighted by atomic mass is 10.3. The number of hydrogen-bond donors (Lipinski definition) is 2. The van der Waals surface area contributed by atoms with Gasteiger partial charge in [-0.05, 0) is 24.3 Å². The molecule has 2 heterocycles. The molecule has 0 amide bonds. The molecule has 1 aromatic heterocycles. The molecule has 18 heavy (non-hydrogen) atoms. The summed E-state index contributed by atoms with van der Waals surface area (Å²) in [5.74, 6) is 0.620. The summed E-state index contributed by atoms with van der Waals surface area (Å²) in [5.41, 5.74) is 3.17. The van der Waals surface area contributed by atoms with Crippen molar-refractivity contribution in [1.82, 2.24) is 15.3 Å². The molecule has 1 aromatic carbocycles. The van der Waals surface area contributed by atoms with Crippen molar-refractivity contribution < 1.29 is 0 Å². The van der Waals surface area contributed by atoms with E-state index in [2.05, 4.69) is 20.6 Å². The zero-order valence-corrected chi connectivity index (χ0v) is 11.1. The average molecular weight is 283 g/mol. The number of rotatable bonds is 2. The monoisotopic (exact) mass is 282 g/mol. The minimum Gasteiger partial charge on any atom is -0.324 e. The van der Waals surface area contributed by atoms with Crippen molar-refractivity contribution in [2.75, 3.05) is 5.32 Å². The SMILES string of the molecule is Cl.Clc1ccc(Nc2ncc3c(n2)CNC3)cc1. The van der Waals surface area contributed by atoms with Crippen LogP contribution < -0.4 is 10.6 Å². The summed E-state index contributed by atoms with van der Waals surface area (Å²) < 4.78 is 0. The Morgan fingerprint density at radius 1 is 1.17 bits per heavy atom. The fraction of sp³-hybridized carbons (Fsp3) is 0.167. The second-order valence-corrected chi connectivity index (χ2v) is 4.34. The van der Waals surface area contributed by atoms with Gasteiger partial charge in [0.2, 0.25) is 5.95 Å². The van der Waals surface area contributed by atoms with Gasteiger partial charge in [-0.25, -0.2) is 9.97 Å². The molecule has 2 aromatic rings. The molecular weight excluding hydrogens is 271 g/mol. The van der Waals surface area contributed by atoms with Gasteiger partial charge in [0.15, 0.2) is 0 Å². The van der Waals surface area contributed by atoms with E-state index in [0.717, 1.165) is 29.5 Å². The second kappa shape index (κ2) is 5.52. The van der Waals surface area contributed by atoms with Crippen LogP contribution in [0, 0.1) is 0 Å². The maximum atomic E-state index is 5.82. The van der Waals surface area contributed by atoms with Crippen LogP contribution in [-0.4, -0.2) is 9.97 Å². The Kier molecular flexibility index (Phi) is 4.01. The second-order valence-electron chi connectivity index (χ2n) is 3.90. The smallest absolute Gasteiger partial charge is 0.227 e. The van der Waals surface area contributed by atoms with E-state index in [-0.39, 0.29) is 12.4 Å². The van der Waals surface area contributed by atoms with Gasteiger partial charge in [0.05, 0.1) is 5.69 Å². The van der Waals surface area contributed by atoms with Crippen LogP contribution in [0.4, 0.5) is 11.6 Å². The first-order valence-corrected chi connectivity index (χ1v) is 5.77. The lowest BCUT2D eigenvalue weighted by Crippen LogP contribution is -2.01. The lowest BCUT2D eigenvalue weighted by molar-refractivity contribution is 0.758. The van der Waals surface area contributed by atoms with Crippen LogP contribution in [0.25, 0.3) is 0 Å². The van der Waals surface area contributed by atoms with Crippen LogP contribution >= 0.6 is 24.0 Å². The van der Waals surface area contributed by atoms with Gasteiger partial charge in [-0.1, -0.05) is 11.6 Å². The molecule has 0 radical (unpaired) electrons. The fourth-order valence-corrected chi connectivity index (χ4v) is 1.91. The van der Waals surface area contributed by atoms with Crippen molar-refractivity contribution in [2.24, 2.45) is 0 Å². The van der Waals surface area contributed by atoms with E-state index in [1.807, 2.05) is 30.5 Å². The predicted octanol–water partition coefficient (Wildman–Crippen LogP) is 2.90. The Morgan fingerprint density at radius 3 is 2.72 bits per heavy atom. The Hall–Kier alpha value is -1.36. The van der Waals surface area contributed by atoms with Crippen molar-refractivity contribution in [3.8, 4) is 0 Å². The van der Waals surface area contributed by atoms with Crippen molar-refractivity contribution in [2.45, 2.75) is 13.1 Å². The summed E-state index contributed by atoms with van der Waals surface area (Å²) in [7, 11) is 0. The molecule has 0 unspecified atom stereocenters. The van der Waals surface area contributed by atoms with Gasteiger partial charge in [0.25, 0.3) is 0 Å². The van der Waals surface area contributed by atoms with E-state index >= 15 is 0 Å². The molecule has 1 aliphatic rings. The molecule has 0 bridgehead atoms. The average Bonchev–Trinajstić information content (AvgIpc) is 2.79. The highest BCUT2D eigenvalue weighted by molar-refractivity contribution is 6.30. The topological polar surface area (TPSA) is 49.8 Å². The summed E-state index contributed by atoms with van der Waals surface area (Å²) in [4.78, 5) is 8.73. The number of nitrogens with zero attached hydrogens (tertiary/aromatic N) is 2. The van der Waals surface area contributed by atoms with Crippen LogP contribution in [0.15, 0.2) is 30.5 Å². The molecule has 94 valence electrons. The molecule has 6 heteroatoms. The standard InChI is InChI=1S/C12H11ClN4.ClH/c13-9-1-3-10(4-2-9)16-12-15-6-8-5-14-7-11(8)17-12;/h1-4,6,14H,5,7H2,(H,15,16,17);1H. The minimum absolute atomic E-state index is 0. The summed E-state index contributed by atoms with van der Waals surface area (Å²) in [6.45, 7) is 1.67. The number of hydrogen-bond acceptors (Lipinski definition) is 4. The van der Waals surface area contributed by atoms with Crippen LogP contribution in [0.3, 0.4) is 0 Å². The third kappa shape index (κ3) is 2.72. The Balaban J connectivity index is 0.00000120. The van der Waals surface area contributed by atoms with Gasteiger partial charge >= 0.3 is 0 Å². The van der Waals surface area contributed by atoms with Gasteiger partial charge < -0.3 is 10.6 Å². The number of anilines is 2. The fourth-order valence-electron chi connectivity index (χ4n) is 1.78. The number of fused-ring (bicyclic) bond motifs is 1. The lowest BCUT2D eigenvalue weighted by Gasteiger charge is -2.05. The maximum absolute atomic E-state index is 5.82.